The molecule has 1 nitrogen and oxygen atoms in total. The minimum atomic E-state index is 0.600. The third kappa shape index (κ3) is 4.51. The molecule has 0 amide bonds. The van der Waals surface area contributed by atoms with Crippen LogP contribution in [0, 0.1) is 0 Å². The molecule has 0 bridgehead atoms. The van der Waals surface area contributed by atoms with E-state index in [0.29, 0.717) is 6.04 Å². The smallest absolute Gasteiger partial charge is 0.0499 e. The summed E-state index contributed by atoms with van der Waals surface area (Å²) in [4.78, 5) is 5.76. The van der Waals surface area contributed by atoms with Gasteiger partial charge in [-0.15, -0.1) is 0 Å². The van der Waals surface area contributed by atoms with Gasteiger partial charge in [-0.2, -0.15) is 0 Å². The molecule has 0 aliphatic heterocycles. The van der Waals surface area contributed by atoms with Crippen LogP contribution in [0.3, 0.4) is 0 Å². The summed E-state index contributed by atoms with van der Waals surface area (Å²) in [5.41, 5.74) is 1.22. The number of rotatable bonds is 3. The molecule has 0 saturated heterocycles. The van der Waals surface area contributed by atoms with Crippen LogP contribution in [0.2, 0.25) is 0 Å². The molecule has 0 atom stereocenters. The maximum absolute atomic E-state index is 5.06. The van der Waals surface area contributed by atoms with Crippen LogP contribution < -0.4 is 0 Å². The number of hydrogen-bond donors (Lipinski definition) is 0. The molecule has 0 spiro atoms. The van der Waals surface area contributed by atoms with Gasteiger partial charge >= 0.3 is 0 Å². The van der Waals surface area contributed by atoms with Crippen molar-refractivity contribution in [2.45, 2.75) is 58.4 Å². The van der Waals surface area contributed by atoms with Crippen LogP contribution in [0.4, 0.5) is 0 Å². The molecule has 2 heteroatoms. The lowest BCUT2D eigenvalue weighted by molar-refractivity contribution is 0.443. The van der Waals surface area contributed by atoms with Crippen molar-refractivity contribution in [3.05, 3.63) is 0 Å². The minimum absolute atomic E-state index is 0.600. The van der Waals surface area contributed by atoms with E-state index in [9.17, 15) is 0 Å². The molecule has 1 rings (SSSR count). The van der Waals surface area contributed by atoms with Gasteiger partial charge in [0.25, 0.3) is 0 Å². The van der Waals surface area contributed by atoms with Gasteiger partial charge in [0, 0.05) is 18.2 Å². The molecule has 1 saturated carbocycles. The van der Waals surface area contributed by atoms with Crippen LogP contribution in [0.15, 0.2) is 4.99 Å². The Morgan fingerprint density at radius 2 is 1.85 bits per heavy atom. The van der Waals surface area contributed by atoms with Crippen molar-refractivity contribution in [1.82, 2.24) is 0 Å². The summed E-state index contributed by atoms with van der Waals surface area (Å²) < 4.78 is 0. The van der Waals surface area contributed by atoms with Gasteiger partial charge in [0.15, 0.2) is 0 Å². The predicted molar refractivity (Wildman–Crippen MR) is 62.9 cm³/mol. The van der Waals surface area contributed by atoms with Gasteiger partial charge in [-0.25, -0.2) is 0 Å². The van der Waals surface area contributed by atoms with Crippen LogP contribution in [0.25, 0.3) is 0 Å². The lowest BCUT2D eigenvalue weighted by Gasteiger charge is -2.18. The Bertz CT molecular complexity index is 202. The highest BCUT2D eigenvalue weighted by Gasteiger charge is 2.11. The second kappa shape index (κ2) is 5.48. The van der Waals surface area contributed by atoms with E-state index in [1.807, 2.05) is 6.92 Å². The van der Waals surface area contributed by atoms with Crippen molar-refractivity contribution < 1.29 is 0 Å². The van der Waals surface area contributed by atoms with Crippen LogP contribution in [-0.2, 0) is 0 Å². The predicted octanol–water partition coefficient (Wildman–Crippen LogP) is 3.56. The van der Waals surface area contributed by atoms with Crippen molar-refractivity contribution in [3.8, 4) is 0 Å². The lowest BCUT2D eigenvalue weighted by Crippen LogP contribution is -2.12. The van der Waals surface area contributed by atoms with Gasteiger partial charge in [0.05, 0.1) is 0 Å². The molecule has 0 aromatic rings. The first kappa shape index (κ1) is 10.8. The summed E-state index contributed by atoms with van der Waals surface area (Å²) in [7, 11) is 0. The number of thiocarbonyl (C=S) groups is 1. The highest BCUT2D eigenvalue weighted by molar-refractivity contribution is 7.80. The Hall–Kier alpha value is -0.240. The molecule has 0 radical (unpaired) electrons. The Morgan fingerprint density at radius 1 is 1.23 bits per heavy atom. The maximum Gasteiger partial charge on any atom is 0.0499 e. The van der Waals surface area contributed by atoms with Gasteiger partial charge in [0.2, 0.25) is 0 Å². The molecule has 1 fully saturated rings. The molecule has 13 heavy (non-hydrogen) atoms. The highest BCUT2D eigenvalue weighted by Crippen LogP contribution is 2.20. The normalized spacial score (nSPS) is 20.3. The van der Waals surface area contributed by atoms with Gasteiger partial charge in [-0.3, -0.25) is 4.99 Å². The van der Waals surface area contributed by atoms with Gasteiger partial charge in [0.1, 0.15) is 0 Å². The Labute approximate surface area is 86.6 Å². The van der Waals surface area contributed by atoms with Crippen LogP contribution in [-0.4, -0.2) is 16.6 Å². The molecule has 0 unspecified atom stereocenters. The summed E-state index contributed by atoms with van der Waals surface area (Å²) in [6, 6.07) is 0.600. The zero-order valence-corrected chi connectivity index (χ0v) is 9.49. The topological polar surface area (TPSA) is 12.4 Å². The van der Waals surface area contributed by atoms with Crippen molar-refractivity contribution in [3.63, 3.8) is 0 Å². The molecule has 0 aromatic heterocycles. The van der Waals surface area contributed by atoms with Crippen molar-refractivity contribution in [1.29, 1.82) is 0 Å². The fraction of sp³-hybridized carbons (Fsp3) is 0.818. The minimum Gasteiger partial charge on any atom is -0.291 e. The van der Waals surface area contributed by atoms with Crippen LogP contribution in [0.1, 0.15) is 52.4 Å². The van der Waals surface area contributed by atoms with Gasteiger partial charge < -0.3 is 0 Å². The largest absolute Gasteiger partial charge is 0.291 e. The van der Waals surface area contributed by atoms with Crippen LogP contribution >= 0.6 is 12.2 Å². The van der Waals surface area contributed by atoms with E-state index in [1.165, 1.54) is 37.8 Å². The van der Waals surface area contributed by atoms with Gasteiger partial charge in [-0.05, 0) is 31.6 Å². The zero-order chi connectivity index (χ0) is 9.68. The average molecular weight is 197 g/mol. The Balaban J connectivity index is 2.38. The summed E-state index contributed by atoms with van der Waals surface area (Å²) in [6.07, 6.45) is 7.60. The fourth-order valence-corrected chi connectivity index (χ4v) is 2.14. The SMILES string of the molecule is CC(=S)CC(C)=NC1CCCCC1. The second-order valence-corrected chi connectivity index (χ2v) is 4.73. The van der Waals surface area contributed by atoms with Crippen molar-refractivity contribution in [2.24, 2.45) is 4.99 Å². The van der Waals surface area contributed by atoms with E-state index in [0.717, 1.165) is 11.3 Å². The van der Waals surface area contributed by atoms with Gasteiger partial charge in [-0.1, -0.05) is 31.5 Å². The first-order valence-electron chi connectivity index (χ1n) is 5.21. The fourth-order valence-electron chi connectivity index (χ4n) is 1.93. The third-order valence-electron chi connectivity index (χ3n) is 2.48. The molecular weight excluding hydrogens is 178 g/mol. The maximum atomic E-state index is 5.06. The summed E-state index contributed by atoms with van der Waals surface area (Å²) in [5.74, 6) is 0. The highest BCUT2D eigenvalue weighted by atomic mass is 32.1. The lowest BCUT2D eigenvalue weighted by atomic mass is 9.96. The quantitative estimate of drug-likeness (QED) is 0.498. The van der Waals surface area contributed by atoms with E-state index in [1.54, 1.807) is 0 Å². The molecule has 1 aliphatic rings. The number of hydrogen-bond acceptors (Lipinski definition) is 2. The second-order valence-electron chi connectivity index (χ2n) is 4.03. The molecule has 0 aromatic carbocycles. The molecule has 0 heterocycles. The first-order chi connectivity index (χ1) is 6.18. The summed E-state index contributed by atoms with van der Waals surface area (Å²) >= 11 is 5.06. The molecule has 1 aliphatic carbocycles. The average Bonchev–Trinajstić information content (AvgIpc) is 2.04. The first-order valence-corrected chi connectivity index (χ1v) is 5.62. The van der Waals surface area contributed by atoms with E-state index in [4.69, 9.17) is 17.2 Å². The third-order valence-corrected chi connectivity index (χ3v) is 2.63. The van der Waals surface area contributed by atoms with E-state index in [-0.39, 0.29) is 0 Å². The summed E-state index contributed by atoms with van der Waals surface area (Å²) in [5, 5.41) is 0. The summed E-state index contributed by atoms with van der Waals surface area (Å²) in [6.45, 7) is 4.10. The monoisotopic (exact) mass is 197 g/mol. The van der Waals surface area contributed by atoms with E-state index < -0.39 is 0 Å². The molecule has 0 N–H and O–H groups in total. The van der Waals surface area contributed by atoms with Crippen molar-refractivity contribution in [2.75, 3.05) is 0 Å². The van der Waals surface area contributed by atoms with Crippen molar-refractivity contribution >= 4 is 22.8 Å². The number of aliphatic imine (C=N–C) groups is 1. The Kier molecular flexibility index (Phi) is 4.57. The number of nitrogens with zero attached hydrogens (tertiary/aromatic N) is 1. The zero-order valence-electron chi connectivity index (χ0n) is 8.68. The molecule has 74 valence electrons. The van der Waals surface area contributed by atoms with E-state index >= 15 is 0 Å². The van der Waals surface area contributed by atoms with Crippen LogP contribution in [0.5, 0.6) is 0 Å². The standard InChI is InChI=1S/C11H19NS/c1-9(8-10(2)13)12-11-6-4-3-5-7-11/h11H,3-8H2,1-2H3. The Morgan fingerprint density at radius 3 is 2.38 bits per heavy atom. The van der Waals surface area contributed by atoms with E-state index in [2.05, 4.69) is 6.92 Å². The molecular formula is C11H19NS.